The van der Waals surface area contributed by atoms with Crippen molar-refractivity contribution in [3.8, 4) is 5.75 Å². The zero-order valence-corrected chi connectivity index (χ0v) is 21.0. The normalized spacial score (nSPS) is 14.7. The minimum atomic E-state index is -0.331. The Hall–Kier alpha value is -3.64. The van der Waals surface area contributed by atoms with Gasteiger partial charge in [-0.1, -0.05) is 35.9 Å². The molecule has 1 saturated heterocycles. The summed E-state index contributed by atoms with van der Waals surface area (Å²) in [5.41, 5.74) is 4.85. The molecular weight excluding hydrogens is 450 g/mol. The summed E-state index contributed by atoms with van der Waals surface area (Å²) >= 11 is 0. The lowest BCUT2D eigenvalue weighted by Gasteiger charge is -2.40. The molecule has 1 aliphatic heterocycles. The number of aryl methyl sites for hydroxylation is 1. The summed E-state index contributed by atoms with van der Waals surface area (Å²) in [7, 11) is 1.66. The van der Waals surface area contributed by atoms with Crippen LogP contribution >= 0.6 is 0 Å². The van der Waals surface area contributed by atoms with E-state index >= 15 is 0 Å². The van der Waals surface area contributed by atoms with Gasteiger partial charge in [-0.2, -0.15) is 0 Å². The first-order valence-corrected chi connectivity index (χ1v) is 12.7. The number of piperidine rings is 1. The van der Waals surface area contributed by atoms with E-state index in [1.807, 2.05) is 36.5 Å². The molecule has 0 radical (unpaired) electrons. The topological polar surface area (TPSA) is 58.8 Å². The van der Waals surface area contributed by atoms with Gasteiger partial charge in [0, 0.05) is 62.0 Å². The highest BCUT2D eigenvalue weighted by atomic mass is 16.5. The summed E-state index contributed by atoms with van der Waals surface area (Å²) in [6.07, 6.45) is 4.69. The van der Waals surface area contributed by atoms with E-state index in [2.05, 4.69) is 52.0 Å². The number of ether oxygens (including phenoxy) is 1. The summed E-state index contributed by atoms with van der Waals surface area (Å²) in [6, 6.07) is 22.4. The molecule has 1 fully saturated rings. The van der Waals surface area contributed by atoms with E-state index in [0.29, 0.717) is 11.6 Å². The van der Waals surface area contributed by atoms with Crippen molar-refractivity contribution in [2.75, 3.05) is 31.6 Å². The molecule has 3 heterocycles. The van der Waals surface area contributed by atoms with Gasteiger partial charge in [0.15, 0.2) is 0 Å². The number of nitrogens with zero attached hydrogens (tertiary/aromatic N) is 3. The molecule has 0 bridgehead atoms. The van der Waals surface area contributed by atoms with Crippen molar-refractivity contribution in [1.82, 2.24) is 9.88 Å². The van der Waals surface area contributed by atoms with Gasteiger partial charge < -0.3 is 14.1 Å². The van der Waals surface area contributed by atoms with Crippen molar-refractivity contribution >= 4 is 16.7 Å². The number of anilines is 1. The smallest absolute Gasteiger partial charge is 0.338 e. The fourth-order valence-electron chi connectivity index (χ4n) is 5.11. The van der Waals surface area contributed by atoms with Crippen LogP contribution < -0.4 is 15.3 Å². The number of methoxy groups -OCH3 is 1. The Morgan fingerprint density at radius 3 is 2.58 bits per heavy atom. The molecule has 2 aromatic heterocycles. The fourth-order valence-corrected chi connectivity index (χ4v) is 5.11. The van der Waals surface area contributed by atoms with Crippen LogP contribution in [0.1, 0.15) is 29.7 Å². The fraction of sp³-hybridized carbons (Fsp3) is 0.333. The molecule has 0 spiro atoms. The zero-order valence-electron chi connectivity index (χ0n) is 21.0. The van der Waals surface area contributed by atoms with E-state index < -0.39 is 0 Å². The maximum Gasteiger partial charge on any atom is 0.338 e. The van der Waals surface area contributed by atoms with Gasteiger partial charge in [0.2, 0.25) is 0 Å². The van der Waals surface area contributed by atoms with Crippen molar-refractivity contribution in [2.24, 2.45) is 0 Å². The summed E-state index contributed by atoms with van der Waals surface area (Å²) in [5, 5.41) is 0.900. The second kappa shape index (κ2) is 11.0. The van der Waals surface area contributed by atoms with Crippen molar-refractivity contribution in [2.45, 2.75) is 38.8 Å². The van der Waals surface area contributed by atoms with Gasteiger partial charge in [-0.25, -0.2) is 4.79 Å². The molecule has 186 valence electrons. The van der Waals surface area contributed by atoms with Crippen LogP contribution in [0.15, 0.2) is 82.1 Å². The van der Waals surface area contributed by atoms with E-state index in [1.54, 1.807) is 13.2 Å². The molecule has 5 rings (SSSR count). The molecule has 0 aliphatic carbocycles. The number of rotatable bonds is 8. The highest BCUT2D eigenvalue weighted by molar-refractivity contribution is 5.91. The first-order valence-electron chi connectivity index (χ1n) is 12.7. The minimum Gasteiger partial charge on any atom is -0.497 e. The number of pyridine rings is 1. The Balaban J connectivity index is 1.41. The molecule has 1 aliphatic rings. The highest BCUT2D eigenvalue weighted by Crippen LogP contribution is 2.32. The SMILES string of the molecule is COc1ccc2oc(=O)cc(N(CCc3ccccn3)C3CCN(Cc4ccc(C)cc4)CC3)c2c1. The molecule has 0 unspecified atom stereocenters. The van der Waals surface area contributed by atoms with Crippen LogP contribution in [0.2, 0.25) is 0 Å². The Kier molecular flexibility index (Phi) is 7.33. The first kappa shape index (κ1) is 24.1. The van der Waals surface area contributed by atoms with Gasteiger partial charge >= 0.3 is 5.63 Å². The van der Waals surface area contributed by atoms with Crippen LogP contribution in [-0.2, 0) is 13.0 Å². The van der Waals surface area contributed by atoms with E-state index in [-0.39, 0.29) is 5.63 Å². The van der Waals surface area contributed by atoms with E-state index in [4.69, 9.17) is 9.15 Å². The second-order valence-electron chi connectivity index (χ2n) is 9.57. The van der Waals surface area contributed by atoms with Crippen molar-refractivity contribution < 1.29 is 9.15 Å². The first-order chi connectivity index (χ1) is 17.6. The zero-order chi connectivity index (χ0) is 24.9. The van der Waals surface area contributed by atoms with Crippen LogP contribution in [0, 0.1) is 6.92 Å². The quantitative estimate of drug-likeness (QED) is 0.320. The Bertz CT molecular complexity index is 1340. The predicted octanol–water partition coefficient (Wildman–Crippen LogP) is 5.22. The molecule has 0 atom stereocenters. The minimum absolute atomic E-state index is 0.319. The number of aromatic nitrogens is 1. The molecular formula is C30H33N3O3. The number of benzene rings is 2. The number of fused-ring (bicyclic) bond motifs is 1. The van der Waals surface area contributed by atoms with Gasteiger partial charge in [-0.15, -0.1) is 0 Å². The molecule has 4 aromatic rings. The molecule has 36 heavy (non-hydrogen) atoms. The Labute approximate surface area is 212 Å². The van der Waals surface area contributed by atoms with Crippen LogP contribution in [0.3, 0.4) is 0 Å². The summed E-state index contributed by atoms with van der Waals surface area (Å²) in [6.45, 7) is 5.90. The average Bonchev–Trinajstić information content (AvgIpc) is 2.91. The van der Waals surface area contributed by atoms with Crippen molar-refractivity contribution in [3.63, 3.8) is 0 Å². The largest absolute Gasteiger partial charge is 0.497 e. The van der Waals surface area contributed by atoms with Gasteiger partial charge in [0.05, 0.1) is 12.8 Å². The van der Waals surface area contributed by atoms with Gasteiger partial charge in [-0.05, 0) is 55.7 Å². The monoisotopic (exact) mass is 483 g/mol. The number of likely N-dealkylation sites (tertiary alicyclic amines) is 1. The maximum absolute atomic E-state index is 12.6. The van der Waals surface area contributed by atoms with Crippen LogP contribution in [0.4, 0.5) is 5.69 Å². The molecule has 0 N–H and O–H groups in total. The molecule has 0 amide bonds. The third-order valence-electron chi connectivity index (χ3n) is 7.10. The molecule has 2 aromatic carbocycles. The van der Waals surface area contributed by atoms with Crippen LogP contribution in [0.5, 0.6) is 5.75 Å². The van der Waals surface area contributed by atoms with Gasteiger partial charge in [-0.3, -0.25) is 9.88 Å². The van der Waals surface area contributed by atoms with Gasteiger partial charge in [0.1, 0.15) is 11.3 Å². The highest BCUT2D eigenvalue weighted by Gasteiger charge is 2.27. The summed E-state index contributed by atoms with van der Waals surface area (Å²) < 4.78 is 11.0. The van der Waals surface area contributed by atoms with Gasteiger partial charge in [0.25, 0.3) is 0 Å². The third-order valence-corrected chi connectivity index (χ3v) is 7.10. The predicted molar refractivity (Wildman–Crippen MR) is 144 cm³/mol. The molecule has 6 nitrogen and oxygen atoms in total. The third kappa shape index (κ3) is 5.60. The Morgan fingerprint density at radius 1 is 1.06 bits per heavy atom. The van der Waals surface area contributed by atoms with Crippen LogP contribution in [0.25, 0.3) is 11.0 Å². The van der Waals surface area contributed by atoms with E-state index in [0.717, 1.165) is 68.0 Å². The van der Waals surface area contributed by atoms with E-state index in [1.165, 1.54) is 11.1 Å². The van der Waals surface area contributed by atoms with Crippen molar-refractivity contribution in [1.29, 1.82) is 0 Å². The maximum atomic E-state index is 12.6. The standard InChI is InChI=1S/C30H33N3O3/c1-22-6-8-23(9-7-22)21-32-16-13-25(14-17-32)33(18-12-24-5-3-4-15-31-24)28-20-30(34)36-29-11-10-26(35-2)19-27(28)29/h3-11,15,19-20,25H,12-14,16-18,21H2,1-2H3. The number of hydrogen-bond acceptors (Lipinski definition) is 6. The lowest BCUT2D eigenvalue weighted by molar-refractivity contribution is 0.201. The lowest BCUT2D eigenvalue weighted by Crippen LogP contribution is -2.46. The molecule has 6 heteroatoms. The second-order valence-corrected chi connectivity index (χ2v) is 9.57. The average molecular weight is 484 g/mol. The Morgan fingerprint density at radius 2 is 1.86 bits per heavy atom. The van der Waals surface area contributed by atoms with Crippen LogP contribution in [-0.4, -0.2) is 42.7 Å². The summed E-state index contributed by atoms with van der Waals surface area (Å²) in [4.78, 5) is 22.0. The van der Waals surface area contributed by atoms with E-state index in [9.17, 15) is 4.79 Å². The lowest BCUT2D eigenvalue weighted by atomic mass is 10.00. The van der Waals surface area contributed by atoms with Crippen molar-refractivity contribution in [3.05, 3.63) is 100 Å². The summed E-state index contributed by atoms with van der Waals surface area (Å²) in [5.74, 6) is 0.746. The molecule has 0 saturated carbocycles. The number of hydrogen-bond donors (Lipinski definition) is 0.